The Bertz CT molecular complexity index is 823. The smallest absolute Gasteiger partial charge is 0.228 e. The fourth-order valence-electron chi connectivity index (χ4n) is 6.64. The number of hydrogen-bond acceptors (Lipinski definition) is 4. The van der Waals surface area contributed by atoms with Crippen LogP contribution >= 0.6 is 0 Å². The summed E-state index contributed by atoms with van der Waals surface area (Å²) in [6.45, 7) is 2.38. The highest BCUT2D eigenvalue weighted by molar-refractivity contribution is 5.90. The van der Waals surface area contributed by atoms with Crippen molar-refractivity contribution in [3.63, 3.8) is 0 Å². The maximum atomic E-state index is 13.2. The lowest BCUT2D eigenvalue weighted by atomic mass is 9.39. The van der Waals surface area contributed by atoms with E-state index in [4.69, 9.17) is 0 Å². The van der Waals surface area contributed by atoms with Crippen LogP contribution in [-0.4, -0.2) is 46.3 Å². The van der Waals surface area contributed by atoms with Crippen molar-refractivity contribution in [2.45, 2.75) is 68.9 Å². The number of rotatable bonds is 8. The number of aliphatic hydroxyl groups excluding tert-OH is 2. The van der Waals surface area contributed by atoms with Crippen LogP contribution in [0.25, 0.3) is 0 Å². The highest BCUT2D eigenvalue weighted by atomic mass is 16.3. The van der Waals surface area contributed by atoms with E-state index in [2.05, 4.69) is 10.6 Å². The Morgan fingerprint density at radius 1 is 0.897 bits per heavy atom. The standard InChI is InChI=1S/C23H30N2O4/c1-15-2-4-16(5-3-15)17(19(29)25-23-10-21(11-23,12-23)14-27)6-18(28)24-22-7-20(8-22,9-22)13-26/h2-5,17,26-27H,6-14H2,1H3,(H,24,28)(H,25,29). The number of aryl methyl sites for hydroxylation is 1. The van der Waals surface area contributed by atoms with Gasteiger partial charge in [0.2, 0.25) is 11.8 Å². The molecule has 1 aromatic carbocycles. The Hall–Kier alpha value is -1.92. The van der Waals surface area contributed by atoms with Gasteiger partial charge >= 0.3 is 0 Å². The zero-order valence-corrected chi connectivity index (χ0v) is 17.0. The molecule has 4 N–H and O–H groups in total. The van der Waals surface area contributed by atoms with Gasteiger partial charge in [-0.2, -0.15) is 0 Å². The van der Waals surface area contributed by atoms with E-state index in [-0.39, 0.29) is 53.4 Å². The van der Waals surface area contributed by atoms with Crippen molar-refractivity contribution in [2.75, 3.05) is 13.2 Å². The Labute approximate surface area is 171 Å². The summed E-state index contributed by atoms with van der Waals surface area (Å²) in [5, 5.41) is 25.2. The molecule has 1 atom stereocenters. The van der Waals surface area contributed by atoms with Crippen molar-refractivity contribution in [3.8, 4) is 0 Å². The molecule has 0 spiro atoms. The fourth-order valence-corrected chi connectivity index (χ4v) is 6.64. The number of hydrogen-bond donors (Lipinski definition) is 4. The van der Waals surface area contributed by atoms with E-state index in [0.717, 1.165) is 49.7 Å². The minimum atomic E-state index is -0.520. The first-order chi connectivity index (χ1) is 13.7. The van der Waals surface area contributed by atoms with Crippen LogP contribution in [0.2, 0.25) is 0 Å². The molecule has 0 radical (unpaired) electrons. The van der Waals surface area contributed by atoms with Gasteiger partial charge in [-0.1, -0.05) is 29.8 Å². The number of benzene rings is 1. The Kier molecular flexibility index (Phi) is 3.98. The second kappa shape index (κ2) is 6.05. The first-order valence-electron chi connectivity index (χ1n) is 10.7. The van der Waals surface area contributed by atoms with E-state index in [9.17, 15) is 19.8 Å². The maximum Gasteiger partial charge on any atom is 0.228 e. The van der Waals surface area contributed by atoms with Crippen LogP contribution < -0.4 is 10.6 Å². The molecule has 29 heavy (non-hydrogen) atoms. The molecule has 156 valence electrons. The average Bonchev–Trinajstić information content (AvgIpc) is 2.57. The first-order valence-corrected chi connectivity index (χ1v) is 10.7. The normalized spacial score (nSPS) is 39.1. The Morgan fingerprint density at radius 2 is 1.38 bits per heavy atom. The molecule has 1 aromatic rings. The fraction of sp³-hybridized carbons (Fsp3) is 0.652. The van der Waals surface area contributed by atoms with Crippen LogP contribution in [0.15, 0.2) is 24.3 Å². The van der Waals surface area contributed by atoms with Gasteiger partial charge < -0.3 is 20.8 Å². The lowest BCUT2D eigenvalue weighted by molar-refractivity contribution is -0.185. The molecule has 6 aliphatic carbocycles. The van der Waals surface area contributed by atoms with E-state index < -0.39 is 5.92 Å². The summed E-state index contributed by atoms with van der Waals surface area (Å²) in [6.07, 6.45) is 5.16. The number of nitrogens with one attached hydrogen (secondary N) is 2. The van der Waals surface area contributed by atoms with E-state index in [0.29, 0.717) is 0 Å². The van der Waals surface area contributed by atoms with Gasteiger partial charge in [0.05, 0.1) is 5.92 Å². The zero-order chi connectivity index (χ0) is 20.5. The minimum absolute atomic E-state index is 0.0246. The third kappa shape index (κ3) is 2.91. The lowest BCUT2D eigenvalue weighted by Gasteiger charge is -2.70. The monoisotopic (exact) mass is 398 g/mol. The minimum Gasteiger partial charge on any atom is -0.396 e. The molecule has 6 heteroatoms. The predicted molar refractivity (Wildman–Crippen MR) is 107 cm³/mol. The second-order valence-corrected chi connectivity index (χ2v) is 10.6. The zero-order valence-electron chi connectivity index (χ0n) is 17.0. The number of carbonyl (C=O) groups is 2. The van der Waals surface area contributed by atoms with Crippen LogP contribution in [-0.2, 0) is 9.59 Å². The molecular weight excluding hydrogens is 368 g/mol. The highest BCUT2D eigenvalue weighted by Gasteiger charge is 2.69. The summed E-state index contributed by atoms with van der Waals surface area (Å²) in [7, 11) is 0. The molecule has 0 aliphatic heterocycles. The van der Waals surface area contributed by atoms with Gasteiger partial charge in [-0.3, -0.25) is 9.59 Å². The molecular formula is C23H30N2O4. The molecule has 6 saturated carbocycles. The maximum absolute atomic E-state index is 13.2. The summed E-state index contributed by atoms with van der Waals surface area (Å²) >= 11 is 0. The molecule has 4 bridgehead atoms. The summed E-state index contributed by atoms with van der Waals surface area (Å²) < 4.78 is 0. The molecule has 6 fully saturated rings. The summed E-state index contributed by atoms with van der Waals surface area (Å²) in [5.41, 5.74) is 1.70. The topological polar surface area (TPSA) is 98.7 Å². The van der Waals surface area contributed by atoms with Crippen molar-refractivity contribution in [1.82, 2.24) is 10.6 Å². The largest absolute Gasteiger partial charge is 0.396 e. The number of amides is 2. The molecule has 6 nitrogen and oxygen atoms in total. The third-order valence-electron chi connectivity index (χ3n) is 7.93. The van der Waals surface area contributed by atoms with E-state index >= 15 is 0 Å². The molecule has 0 heterocycles. The van der Waals surface area contributed by atoms with Gasteiger partial charge in [-0.15, -0.1) is 0 Å². The van der Waals surface area contributed by atoms with Crippen LogP contribution in [0, 0.1) is 17.8 Å². The third-order valence-corrected chi connectivity index (χ3v) is 7.93. The van der Waals surface area contributed by atoms with Crippen LogP contribution in [0.4, 0.5) is 0 Å². The van der Waals surface area contributed by atoms with Gasteiger partial charge in [0.1, 0.15) is 0 Å². The summed E-state index contributed by atoms with van der Waals surface area (Å²) in [5.74, 6) is -0.713. The van der Waals surface area contributed by atoms with Gasteiger partial charge in [-0.25, -0.2) is 0 Å². The van der Waals surface area contributed by atoms with Crippen molar-refractivity contribution < 1.29 is 19.8 Å². The van der Waals surface area contributed by atoms with E-state index in [1.54, 1.807) is 0 Å². The molecule has 7 rings (SSSR count). The first kappa shape index (κ1) is 19.1. The van der Waals surface area contributed by atoms with Crippen LogP contribution in [0.1, 0.15) is 62.0 Å². The van der Waals surface area contributed by atoms with E-state index in [1.165, 1.54) is 0 Å². The van der Waals surface area contributed by atoms with Crippen LogP contribution in [0.3, 0.4) is 0 Å². The number of carbonyl (C=O) groups excluding carboxylic acids is 2. The SMILES string of the molecule is Cc1ccc(C(CC(=O)NC23CC(CO)(C2)C3)C(=O)NC23CC(CO)(C2)C3)cc1. The predicted octanol–water partition coefficient (Wildman–Crippen LogP) is 1.53. The quantitative estimate of drug-likeness (QED) is 0.534. The molecule has 6 aliphatic rings. The summed E-state index contributed by atoms with van der Waals surface area (Å²) in [6, 6.07) is 7.82. The van der Waals surface area contributed by atoms with Gasteiger partial charge in [-0.05, 0) is 51.0 Å². The molecule has 2 amide bonds. The molecule has 1 unspecified atom stereocenters. The average molecular weight is 399 g/mol. The molecule has 0 saturated heterocycles. The van der Waals surface area contributed by atoms with Crippen molar-refractivity contribution >= 4 is 11.8 Å². The summed E-state index contributed by atoms with van der Waals surface area (Å²) in [4.78, 5) is 26.0. The number of aliphatic hydroxyl groups is 2. The van der Waals surface area contributed by atoms with Gasteiger partial charge in [0.15, 0.2) is 0 Å². The Balaban J connectivity index is 1.25. The van der Waals surface area contributed by atoms with Crippen LogP contribution in [0.5, 0.6) is 0 Å². The highest BCUT2D eigenvalue weighted by Crippen LogP contribution is 2.67. The van der Waals surface area contributed by atoms with Crippen molar-refractivity contribution in [3.05, 3.63) is 35.4 Å². The van der Waals surface area contributed by atoms with Gasteiger partial charge in [0.25, 0.3) is 0 Å². The molecule has 0 aromatic heterocycles. The Morgan fingerprint density at radius 3 is 1.86 bits per heavy atom. The second-order valence-electron chi connectivity index (χ2n) is 10.6. The van der Waals surface area contributed by atoms with Crippen molar-refractivity contribution in [2.24, 2.45) is 10.8 Å². The van der Waals surface area contributed by atoms with Crippen molar-refractivity contribution in [1.29, 1.82) is 0 Å². The van der Waals surface area contributed by atoms with Gasteiger partial charge in [0, 0.05) is 41.5 Å². The lowest BCUT2D eigenvalue weighted by Crippen LogP contribution is -2.76. The van der Waals surface area contributed by atoms with E-state index in [1.807, 2.05) is 31.2 Å².